The molecule has 0 saturated heterocycles. The second-order valence-corrected chi connectivity index (χ2v) is 21.0. The van der Waals surface area contributed by atoms with Crippen LogP contribution in [0.2, 0.25) is 0 Å². The Morgan fingerprint density at radius 3 is 1.05 bits per heavy atom. The zero-order valence-corrected chi connectivity index (χ0v) is 46.7. The van der Waals surface area contributed by atoms with Crippen molar-refractivity contribution in [2.24, 2.45) is 0 Å². The monoisotopic (exact) mass is 1050 g/mol. The zero-order valence-electron chi connectivity index (χ0n) is 46.7. The lowest BCUT2D eigenvalue weighted by atomic mass is 9.82. The predicted octanol–water partition coefficient (Wildman–Crippen LogP) is 9.80. The molecular formula is C60H82N2O14. The van der Waals surface area contributed by atoms with E-state index >= 15 is 0 Å². The topological polar surface area (TPSA) is 167 Å². The summed E-state index contributed by atoms with van der Waals surface area (Å²) in [6.45, 7) is 24.5. The second kappa shape index (κ2) is 27.7. The lowest BCUT2D eigenvalue weighted by molar-refractivity contribution is -0.110. The van der Waals surface area contributed by atoms with Gasteiger partial charge in [0.15, 0.2) is 0 Å². The maximum absolute atomic E-state index is 14.3. The van der Waals surface area contributed by atoms with Crippen molar-refractivity contribution in [3.8, 4) is 0 Å². The van der Waals surface area contributed by atoms with E-state index in [-0.39, 0.29) is 85.7 Å². The Labute approximate surface area is 448 Å². The van der Waals surface area contributed by atoms with Crippen LogP contribution in [0.25, 0.3) is 43.1 Å². The number of rotatable bonds is 35. The minimum atomic E-state index is -0.566. The third kappa shape index (κ3) is 14.1. The van der Waals surface area contributed by atoms with Gasteiger partial charge in [-0.25, -0.2) is 0 Å². The lowest BCUT2D eigenvalue weighted by Gasteiger charge is -2.33. The molecule has 0 spiro atoms. The van der Waals surface area contributed by atoms with Crippen molar-refractivity contribution in [2.45, 2.75) is 150 Å². The molecule has 16 nitrogen and oxygen atoms in total. The second-order valence-electron chi connectivity index (χ2n) is 21.0. The van der Waals surface area contributed by atoms with Crippen LogP contribution in [0, 0.1) is 0 Å². The van der Waals surface area contributed by atoms with E-state index in [9.17, 15) is 19.2 Å². The maximum Gasteiger partial charge on any atom is 0.261 e. The molecule has 4 amide bonds. The van der Waals surface area contributed by atoms with Gasteiger partial charge in [0.25, 0.3) is 23.6 Å². The Bertz CT molecular complexity index is 2630. The van der Waals surface area contributed by atoms with Gasteiger partial charge in [-0.05, 0) is 125 Å². The van der Waals surface area contributed by atoms with Crippen molar-refractivity contribution in [3.63, 3.8) is 0 Å². The molecule has 9 unspecified atom stereocenters. The van der Waals surface area contributed by atoms with Crippen LogP contribution in [0.4, 0.5) is 0 Å². The van der Waals surface area contributed by atoms with E-state index in [4.69, 9.17) is 47.4 Å². The minimum Gasteiger partial charge on any atom is -0.382 e. The quantitative estimate of drug-likeness (QED) is 0.0163. The number of benzene rings is 5. The van der Waals surface area contributed by atoms with Gasteiger partial charge in [-0.3, -0.25) is 29.0 Å². The van der Waals surface area contributed by atoms with Gasteiger partial charge in [0.2, 0.25) is 0 Å². The van der Waals surface area contributed by atoms with Crippen LogP contribution in [0.5, 0.6) is 0 Å². The standard InChI is InChI=1S/C60H82N2O14/c1-12-13-14-15-24-61-57(63)49-20-16-45-47-18-22-51-56-52(23-19-48(54(47)56)46-17-21-50(58(61)64)55(49)53(45)46)60(66)62(59(51)65)36(2)27-69-38(4)29-71-40(6)31-73-42(8)33-75-44(10)35-76-43(9)34-74-41(7)32-72-39(5)30-70-37(3)28-68-26-25-67-11/h16-23,36-44H,12-15,24-35H2,1-11H3. The van der Waals surface area contributed by atoms with Crippen LogP contribution in [0.15, 0.2) is 48.5 Å². The number of methoxy groups -OCH3 is 1. The Morgan fingerprint density at radius 1 is 0.382 bits per heavy atom. The molecule has 0 aliphatic carbocycles. The summed E-state index contributed by atoms with van der Waals surface area (Å²) in [6.07, 6.45) is 2.64. The Balaban J connectivity index is 0.821. The van der Waals surface area contributed by atoms with Crippen LogP contribution in [-0.4, -0.2) is 175 Å². The van der Waals surface area contributed by atoms with Gasteiger partial charge in [0.1, 0.15) is 0 Å². The van der Waals surface area contributed by atoms with Gasteiger partial charge in [-0.15, -0.1) is 0 Å². The van der Waals surface area contributed by atoms with E-state index in [1.165, 1.54) is 9.80 Å². The highest BCUT2D eigenvalue weighted by Gasteiger charge is 2.39. The van der Waals surface area contributed by atoms with Crippen LogP contribution in [-0.2, 0) is 47.4 Å². The average molecular weight is 1060 g/mol. The number of carbonyl (C=O) groups is 4. The Morgan fingerprint density at radius 2 is 0.711 bits per heavy atom. The van der Waals surface area contributed by atoms with Gasteiger partial charge >= 0.3 is 0 Å². The molecule has 0 radical (unpaired) electrons. The van der Waals surface area contributed by atoms with E-state index in [1.807, 2.05) is 98.7 Å². The lowest BCUT2D eigenvalue weighted by Crippen LogP contribution is -2.48. The number of fused-ring (bicyclic) bond motifs is 2. The Kier molecular flexibility index (Phi) is 21.5. The minimum absolute atomic E-state index is 0.0313. The number of imide groups is 2. The molecule has 2 aliphatic rings. The fourth-order valence-corrected chi connectivity index (χ4v) is 9.89. The van der Waals surface area contributed by atoms with E-state index < -0.39 is 6.04 Å². The fourth-order valence-electron chi connectivity index (χ4n) is 9.89. The molecule has 7 rings (SSSR count). The molecule has 9 atom stereocenters. The molecule has 2 aliphatic heterocycles. The number of nitrogens with zero attached hydrogens (tertiary/aromatic N) is 2. The summed E-state index contributed by atoms with van der Waals surface area (Å²) in [5.74, 6) is -1.31. The highest BCUT2D eigenvalue weighted by molar-refractivity contribution is 6.41. The molecule has 2 heterocycles. The van der Waals surface area contributed by atoms with Gasteiger partial charge in [-0.1, -0.05) is 50.5 Å². The van der Waals surface area contributed by atoms with Crippen molar-refractivity contribution in [3.05, 3.63) is 70.8 Å². The first-order valence-corrected chi connectivity index (χ1v) is 27.5. The SMILES string of the molecule is CCCCCCN1C(=O)c2ccc3c4ccc5c6c(ccc(c7ccc(c2c37)C1=O)c64)C(=O)N(C(C)COC(C)COC(C)COC(C)COC(C)COC(C)COC(C)COC(C)COC(C)COCCOC)C5=O. The first-order chi connectivity index (χ1) is 36.5. The number of unbranched alkanes of at least 4 members (excludes halogenated alkanes) is 3. The van der Waals surface area contributed by atoms with Gasteiger partial charge in [0, 0.05) is 46.7 Å². The third-order valence-electron chi connectivity index (χ3n) is 14.1. The van der Waals surface area contributed by atoms with Gasteiger partial charge < -0.3 is 47.4 Å². The Hall–Kier alpha value is -4.72. The fraction of sp³-hybridized carbons (Fsp3) is 0.600. The molecule has 0 fully saturated rings. The molecule has 0 saturated carbocycles. The summed E-state index contributed by atoms with van der Waals surface area (Å²) < 4.78 is 58.5. The summed E-state index contributed by atoms with van der Waals surface area (Å²) in [5.41, 5.74) is 1.92. The first-order valence-electron chi connectivity index (χ1n) is 27.5. The van der Waals surface area contributed by atoms with Crippen LogP contribution in [0.1, 0.15) is 136 Å². The molecule has 16 heteroatoms. The van der Waals surface area contributed by atoms with E-state index in [0.717, 1.165) is 58.0 Å². The van der Waals surface area contributed by atoms with Crippen molar-refractivity contribution < 1.29 is 66.5 Å². The normalized spacial score (nSPS) is 17.6. The highest BCUT2D eigenvalue weighted by atomic mass is 16.6. The van der Waals surface area contributed by atoms with E-state index in [1.54, 1.807) is 19.2 Å². The van der Waals surface area contributed by atoms with Crippen LogP contribution in [0.3, 0.4) is 0 Å². The number of carbonyl (C=O) groups excluding carboxylic acids is 4. The molecular weight excluding hydrogens is 973 g/mol. The smallest absolute Gasteiger partial charge is 0.261 e. The molecule has 5 aromatic carbocycles. The van der Waals surface area contributed by atoms with Gasteiger partial charge in [-0.2, -0.15) is 0 Å². The van der Waals surface area contributed by atoms with E-state index in [2.05, 4.69) is 6.92 Å². The van der Waals surface area contributed by atoms with Crippen LogP contribution < -0.4 is 0 Å². The molecule has 76 heavy (non-hydrogen) atoms. The summed E-state index contributed by atoms with van der Waals surface area (Å²) >= 11 is 0. The average Bonchev–Trinajstić information content (AvgIpc) is 3.54. The predicted molar refractivity (Wildman–Crippen MR) is 293 cm³/mol. The van der Waals surface area contributed by atoms with Crippen molar-refractivity contribution in [2.75, 3.05) is 86.3 Å². The van der Waals surface area contributed by atoms with Crippen molar-refractivity contribution >= 4 is 66.7 Å². The first kappa shape index (κ1) is 59.0. The number of hydrogen-bond acceptors (Lipinski definition) is 14. The summed E-state index contributed by atoms with van der Waals surface area (Å²) in [7, 11) is 1.65. The van der Waals surface area contributed by atoms with E-state index in [0.29, 0.717) is 99.0 Å². The number of ether oxygens (including phenoxy) is 10. The number of amides is 4. The summed E-state index contributed by atoms with van der Waals surface area (Å²) in [4.78, 5) is 59.1. The largest absolute Gasteiger partial charge is 0.382 e. The highest BCUT2D eigenvalue weighted by Crippen LogP contribution is 2.46. The van der Waals surface area contributed by atoms with Gasteiger partial charge in [0.05, 0.1) is 128 Å². The molecule has 0 aromatic heterocycles. The van der Waals surface area contributed by atoms with Crippen LogP contribution >= 0.6 is 0 Å². The molecule has 416 valence electrons. The van der Waals surface area contributed by atoms with Crippen molar-refractivity contribution in [1.29, 1.82) is 0 Å². The van der Waals surface area contributed by atoms with Crippen molar-refractivity contribution in [1.82, 2.24) is 9.80 Å². The third-order valence-corrected chi connectivity index (χ3v) is 14.1. The molecule has 5 aromatic rings. The molecule has 0 N–H and O–H groups in total. The zero-order chi connectivity index (χ0) is 54.6. The molecule has 0 bridgehead atoms. The summed E-state index contributed by atoms with van der Waals surface area (Å²) in [5, 5.41) is 6.36. The number of hydrogen-bond donors (Lipinski definition) is 0. The summed E-state index contributed by atoms with van der Waals surface area (Å²) in [6, 6.07) is 14.4. The maximum atomic E-state index is 14.3.